The van der Waals surface area contributed by atoms with Crippen LogP contribution in [0, 0.1) is 0 Å². The lowest BCUT2D eigenvalue weighted by Crippen LogP contribution is -2.14. The molecule has 1 N–H and O–H groups in total. The molecule has 1 saturated heterocycles. The topological polar surface area (TPSA) is 20.2 Å². The second kappa shape index (κ2) is 4.31. The van der Waals surface area contributed by atoms with Crippen LogP contribution in [0.4, 0.5) is 0 Å². The summed E-state index contributed by atoms with van der Waals surface area (Å²) in [5.74, 6) is 1.09. The third-order valence-electron chi connectivity index (χ3n) is 1.34. The van der Waals surface area contributed by atoms with Gasteiger partial charge < -0.3 is 5.11 Å². The highest BCUT2D eigenvalue weighted by Gasteiger charge is 2.19. The van der Waals surface area contributed by atoms with E-state index in [0.29, 0.717) is 4.58 Å². The Balaban J connectivity index is 2.24. The van der Waals surface area contributed by atoms with Crippen LogP contribution in [-0.2, 0) is 0 Å². The van der Waals surface area contributed by atoms with Gasteiger partial charge in [0.1, 0.15) is 5.44 Å². The Bertz CT molecular complexity index is 116. The largest absolute Gasteiger partial charge is 0.382 e. The lowest BCUT2D eigenvalue weighted by atomic mass is 10.5. The van der Waals surface area contributed by atoms with E-state index < -0.39 is 0 Å². The summed E-state index contributed by atoms with van der Waals surface area (Å²) in [4.78, 5) is 0. The lowest BCUT2D eigenvalue weighted by molar-refractivity contribution is 0.259. The molecular weight excluding hydrogens is 164 g/mol. The molecule has 0 aromatic rings. The van der Waals surface area contributed by atoms with Gasteiger partial charge in [-0.15, -0.1) is 30.1 Å². The average molecular weight is 176 g/mol. The Morgan fingerprint density at radius 1 is 1.70 bits per heavy atom. The van der Waals surface area contributed by atoms with Crippen LogP contribution in [0.25, 0.3) is 0 Å². The first-order valence-corrected chi connectivity index (χ1v) is 5.38. The number of hydrogen-bond donors (Lipinski definition) is 1. The number of aliphatic hydroxyl groups is 1. The number of allylic oxidation sites excluding steroid dienone is 1. The zero-order chi connectivity index (χ0) is 7.40. The van der Waals surface area contributed by atoms with E-state index in [1.54, 1.807) is 11.8 Å². The van der Waals surface area contributed by atoms with Crippen LogP contribution in [0.5, 0.6) is 0 Å². The maximum absolute atomic E-state index is 9.22. The first-order valence-electron chi connectivity index (χ1n) is 3.39. The smallest absolute Gasteiger partial charge is 0.101 e. The normalized spacial score (nSPS) is 33.7. The van der Waals surface area contributed by atoms with Crippen molar-refractivity contribution in [3.8, 4) is 0 Å². The van der Waals surface area contributed by atoms with Crippen LogP contribution in [0.15, 0.2) is 12.7 Å². The summed E-state index contributed by atoms with van der Waals surface area (Å²) in [6.07, 6.45) is 3.86. The fourth-order valence-corrected chi connectivity index (χ4v) is 3.73. The van der Waals surface area contributed by atoms with Gasteiger partial charge in [0.2, 0.25) is 0 Å². The van der Waals surface area contributed by atoms with Crippen LogP contribution < -0.4 is 0 Å². The standard InChI is InChI=1S/C7H12OS2/c1-2-3-7-9-5-4-6(8)10-7/h2,6-8H,1,3-5H2. The Morgan fingerprint density at radius 3 is 3.10 bits per heavy atom. The van der Waals surface area contributed by atoms with E-state index in [1.165, 1.54) is 0 Å². The van der Waals surface area contributed by atoms with Crippen molar-refractivity contribution in [2.75, 3.05) is 5.75 Å². The molecule has 1 heterocycles. The highest BCUT2D eigenvalue weighted by Crippen LogP contribution is 2.36. The molecule has 2 unspecified atom stereocenters. The van der Waals surface area contributed by atoms with Gasteiger partial charge in [-0.1, -0.05) is 6.08 Å². The van der Waals surface area contributed by atoms with Gasteiger partial charge in [0.05, 0.1) is 4.58 Å². The summed E-state index contributed by atoms with van der Waals surface area (Å²) in [5.41, 5.74) is -0.133. The zero-order valence-electron chi connectivity index (χ0n) is 5.82. The van der Waals surface area contributed by atoms with Crippen LogP contribution in [0.2, 0.25) is 0 Å². The van der Waals surface area contributed by atoms with Crippen molar-refractivity contribution in [3.63, 3.8) is 0 Å². The quantitative estimate of drug-likeness (QED) is 0.650. The molecule has 1 aliphatic heterocycles. The van der Waals surface area contributed by atoms with Crippen molar-refractivity contribution in [2.45, 2.75) is 22.9 Å². The molecule has 1 fully saturated rings. The molecule has 0 aromatic heterocycles. The second-order valence-corrected chi connectivity index (χ2v) is 5.20. The second-order valence-electron chi connectivity index (χ2n) is 2.20. The molecule has 3 heteroatoms. The van der Waals surface area contributed by atoms with Crippen molar-refractivity contribution in [2.24, 2.45) is 0 Å². The van der Waals surface area contributed by atoms with E-state index in [1.807, 2.05) is 17.8 Å². The molecule has 0 amide bonds. The van der Waals surface area contributed by atoms with Gasteiger partial charge in [0.15, 0.2) is 0 Å². The Morgan fingerprint density at radius 2 is 2.50 bits per heavy atom. The minimum Gasteiger partial charge on any atom is -0.382 e. The first kappa shape index (κ1) is 8.50. The summed E-state index contributed by atoms with van der Waals surface area (Å²) in [6.45, 7) is 3.67. The molecule has 0 aromatic carbocycles. The van der Waals surface area contributed by atoms with Gasteiger partial charge in [0, 0.05) is 0 Å². The van der Waals surface area contributed by atoms with Crippen LogP contribution in [0.1, 0.15) is 12.8 Å². The highest BCUT2D eigenvalue weighted by atomic mass is 32.2. The molecule has 10 heavy (non-hydrogen) atoms. The number of aliphatic hydroxyl groups excluding tert-OH is 1. The number of thioether (sulfide) groups is 2. The van der Waals surface area contributed by atoms with E-state index in [2.05, 4.69) is 6.58 Å². The van der Waals surface area contributed by atoms with Gasteiger partial charge >= 0.3 is 0 Å². The van der Waals surface area contributed by atoms with Crippen LogP contribution in [-0.4, -0.2) is 20.9 Å². The minimum atomic E-state index is -0.133. The number of hydrogen-bond acceptors (Lipinski definition) is 3. The number of rotatable bonds is 2. The van der Waals surface area contributed by atoms with E-state index in [-0.39, 0.29) is 5.44 Å². The molecule has 1 aliphatic rings. The van der Waals surface area contributed by atoms with Gasteiger partial charge in [-0.3, -0.25) is 0 Å². The maximum atomic E-state index is 9.22. The molecular formula is C7H12OS2. The molecule has 1 rings (SSSR count). The Kier molecular flexibility index (Phi) is 3.66. The summed E-state index contributed by atoms with van der Waals surface area (Å²) < 4.78 is 0.543. The monoisotopic (exact) mass is 176 g/mol. The maximum Gasteiger partial charge on any atom is 0.101 e. The molecule has 0 saturated carbocycles. The minimum absolute atomic E-state index is 0.133. The van der Waals surface area contributed by atoms with Crippen molar-refractivity contribution in [3.05, 3.63) is 12.7 Å². The third kappa shape index (κ3) is 2.56. The van der Waals surface area contributed by atoms with Gasteiger partial charge in [-0.25, -0.2) is 0 Å². The fourth-order valence-electron chi connectivity index (χ4n) is 0.843. The summed E-state index contributed by atoms with van der Waals surface area (Å²) >= 11 is 3.58. The fraction of sp³-hybridized carbons (Fsp3) is 0.714. The predicted octanol–water partition coefficient (Wildman–Crippen LogP) is 2.08. The molecule has 1 nitrogen and oxygen atoms in total. The van der Waals surface area contributed by atoms with Crippen molar-refractivity contribution in [1.82, 2.24) is 0 Å². The average Bonchev–Trinajstić information content (AvgIpc) is 1.88. The molecule has 0 radical (unpaired) electrons. The third-order valence-corrected chi connectivity index (χ3v) is 4.16. The van der Waals surface area contributed by atoms with Crippen LogP contribution in [0.3, 0.4) is 0 Å². The van der Waals surface area contributed by atoms with Crippen molar-refractivity contribution < 1.29 is 5.11 Å². The van der Waals surface area contributed by atoms with E-state index >= 15 is 0 Å². The Hall–Kier alpha value is 0.400. The molecule has 2 atom stereocenters. The van der Waals surface area contributed by atoms with Crippen molar-refractivity contribution in [1.29, 1.82) is 0 Å². The predicted molar refractivity (Wildman–Crippen MR) is 49.3 cm³/mol. The summed E-state index contributed by atoms with van der Waals surface area (Å²) in [7, 11) is 0. The van der Waals surface area contributed by atoms with E-state index in [4.69, 9.17) is 0 Å². The summed E-state index contributed by atoms with van der Waals surface area (Å²) in [5, 5.41) is 9.22. The van der Waals surface area contributed by atoms with Crippen molar-refractivity contribution >= 4 is 23.5 Å². The molecule has 58 valence electrons. The molecule has 0 aliphatic carbocycles. The van der Waals surface area contributed by atoms with E-state index in [9.17, 15) is 5.11 Å². The van der Waals surface area contributed by atoms with Crippen LogP contribution >= 0.6 is 23.5 Å². The SMILES string of the molecule is C=CCC1SCCC(O)S1. The summed E-state index contributed by atoms with van der Waals surface area (Å²) in [6, 6.07) is 0. The van der Waals surface area contributed by atoms with Gasteiger partial charge in [-0.05, 0) is 18.6 Å². The van der Waals surface area contributed by atoms with E-state index in [0.717, 1.165) is 18.6 Å². The molecule has 0 spiro atoms. The first-order chi connectivity index (χ1) is 4.83. The van der Waals surface area contributed by atoms with Gasteiger partial charge in [0.25, 0.3) is 0 Å². The van der Waals surface area contributed by atoms with Gasteiger partial charge in [-0.2, -0.15) is 0 Å². The zero-order valence-corrected chi connectivity index (χ0v) is 7.46. The molecule has 0 bridgehead atoms. The highest BCUT2D eigenvalue weighted by molar-refractivity contribution is 8.17. The lowest BCUT2D eigenvalue weighted by Gasteiger charge is -2.23. The Labute approximate surface area is 70.3 Å².